The first-order valence-corrected chi connectivity index (χ1v) is 9.59. The molecule has 1 N–H and O–H groups in total. The monoisotopic (exact) mass is 359 g/mol. The molecule has 1 aliphatic heterocycles. The van der Waals surface area contributed by atoms with E-state index < -0.39 is 15.7 Å². The van der Waals surface area contributed by atoms with Gasteiger partial charge in [0, 0.05) is 23.6 Å². The van der Waals surface area contributed by atoms with Crippen LogP contribution in [0.15, 0.2) is 56.7 Å². The Kier molecular flexibility index (Phi) is 3.53. The van der Waals surface area contributed by atoms with Crippen LogP contribution in [0.1, 0.15) is 25.2 Å². The summed E-state index contributed by atoms with van der Waals surface area (Å²) in [5.74, 6) is 0.262. The van der Waals surface area contributed by atoms with E-state index in [1.165, 1.54) is 24.3 Å². The van der Waals surface area contributed by atoms with E-state index in [2.05, 4.69) is 5.32 Å². The van der Waals surface area contributed by atoms with Crippen LogP contribution in [0.25, 0.3) is 11.0 Å². The van der Waals surface area contributed by atoms with Gasteiger partial charge in [-0.05, 0) is 50.6 Å². The zero-order valence-electron chi connectivity index (χ0n) is 14.0. The lowest BCUT2D eigenvalue weighted by Crippen LogP contribution is -2.41. The fourth-order valence-electron chi connectivity index (χ4n) is 3.40. The summed E-state index contributed by atoms with van der Waals surface area (Å²) in [6.45, 7) is 4.92. The van der Waals surface area contributed by atoms with E-state index in [-0.39, 0.29) is 15.3 Å². The Balaban J connectivity index is 1.88. The largest absolute Gasteiger partial charge is 0.459 e. The van der Waals surface area contributed by atoms with Crippen molar-refractivity contribution in [3.8, 4) is 0 Å². The molecule has 3 aromatic rings. The Bertz CT molecular complexity index is 1080. The number of hydrogen-bond acceptors (Lipinski definition) is 4. The molecule has 1 aromatic heterocycles. The number of halogens is 1. The summed E-state index contributed by atoms with van der Waals surface area (Å²) in [5.41, 5.74) is 1.36. The molecule has 4 rings (SSSR count). The van der Waals surface area contributed by atoms with Crippen LogP contribution in [0.3, 0.4) is 0 Å². The Morgan fingerprint density at radius 2 is 1.88 bits per heavy atom. The summed E-state index contributed by atoms with van der Waals surface area (Å²) in [6.07, 6.45) is 0.835. The van der Waals surface area contributed by atoms with Gasteiger partial charge in [0.1, 0.15) is 17.2 Å². The first kappa shape index (κ1) is 16.3. The summed E-state index contributed by atoms with van der Waals surface area (Å²) in [4.78, 5) is 0.0348. The molecule has 0 saturated carbocycles. The van der Waals surface area contributed by atoms with Crippen LogP contribution in [0.4, 0.5) is 4.39 Å². The minimum Gasteiger partial charge on any atom is -0.459 e. The van der Waals surface area contributed by atoms with Crippen molar-refractivity contribution in [2.45, 2.75) is 35.6 Å². The average molecular weight is 359 g/mol. The summed E-state index contributed by atoms with van der Waals surface area (Å²) >= 11 is 0. The number of fused-ring (bicyclic) bond motifs is 3. The van der Waals surface area contributed by atoms with E-state index in [4.69, 9.17) is 4.42 Å². The zero-order chi connectivity index (χ0) is 17.8. The molecule has 0 spiro atoms. The van der Waals surface area contributed by atoms with Crippen LogP contribution in [0, 0.1) is 5.82 Å². The van der Waals surface area contributed by atoms with Crippen LogP contribution in [-0.4, -0.2) is 15.0 Å². The third-order valence-electron chi connectivity index (χ3n) is 4.69. The zero-order valence-corrected chi connectivity index (χ0v) is 14.8. The number of sulfone groups is 1. The summed E-state index contributed by atoms with van der Waals surface area (Å²) in [5, 5.41) is 4.33. The second-order valence-electron chi connectivity index (χ2n) is 6.83. The maximum Gasteiger partial charge on any atom is 0.206 e. The van der Waals surface area contributed by atoms with E-state index in [1.54, 1.807) is 12.1 Å². The highest BCUT2D eigenvalue weighted by atomic mass is 32.2. The maximum atomic E-state index is 13.4. The molecule has 0 bridgehead atoms. The molecule has 2 heterocycles. The van der Waals surface area contributed by atoms with Crippen molar-refractivity contribution in [2.75, 3.05) is 6.54 Å². The molecule has 25 heavy (non-hydrogen) atoms. The Morgan fingerprint density at radius 1 is 1.12 bits per heavy atom. The molecule has 0 saturated heterocycles. The first-order valence-electron chi connectivity index (χ1n) is 8.11. The number of benzene rings is 2. The van der Waals surface area contributed by atoms with Crippen molar-refractivity contribution in [2.24, 2.45) is 0 Å². The van der Waals surface area contributed by atoms with Crippen molar-refractivity contribution in [1.82, 2.24) is 5.32 Å². The van der Waals surface area contributed by atoms with Gasteiger partial charge in [-0.1, -0.05) is 6.07 Å². The Morgan fingerprint density at radius 3 is 2.64 bits per heavy atom. The van der Waals surface area contributed by atoms with Crippen LogP contribution in [-0.2, 0) is 21.8 Å². The summed E-state index contributed by atoms with van der Waals surface area (Å²) in [6, 6.07) is 9.91. The van der Waals surface area contributed by atoms with Gasteiger partial charge < -0.3 is 9.73 Å². The first-order chi connectivity index (χ1) is 11.8. The normalized spacial score (nSPS) is 16.8. The molecule has 6 heteroatoms. The van der Waals surface area contributed by atoms with E-state index >= 15 is 0 Å². The molecule has 2 aromatic carbocycles. The molecule has 4 nitrogen and oxygen atoms in total. The predicted molar refractivity (Wildman–Crippen MR) is 92.8 cm³/mol. The fourth-order valence-corrected chi connectivity index (χ4v) is 4.71. The van der Waals surface area contributed by atoms with Gasteiger partial charge in [0.05, 0.1) is 15.3 Å². The lowest BCUT2D eigenvalue weighted by atomic mass is 9.91. The highest BCUT2D eigenvalue weighted by molar-refractivity contribution is 7.91. The van der Waals surface area contributed by atoms with Crippen molar-refractivity contribution in [1.29, 1.82) is 0 Å². The lowest BCUT2D eigenvalue weighted by Gasteiger charge is -2.29. The fraction of sp³-hybridized carbons (Fsp3) is 0.263. The third-order valence-corrected chi connectivity index (χ3v) is 6.44. The van der Waals surface area contributed by atoms with Gasteiger partial charge in [-0.15, -0.1) is 0 Å². The highest BCUT2D eigenvalue weighted by Gasteiger charge is 2.32. The van der Waals surface area contributed by atoms with Gasteiger partial charge in [-0.3, -0.25) is 0 Å². The average Bonchev–Trinajstić information content (AvgIpc) is 2.94. The molecular formula is C19H18FNO3S. The lowest BCUT2D eigenvalue weighted by molar-refractivity contribution is 0.310. The van der Waals surface area contributed by atoms with Gasteiger partial charge in [-0.2, -0.15) is 0 Å². The highest BCUT2D eigenvalue weighted by Crippen LogP contribution is 2.37. The molecule has 1 aliphatic rings. The van der Waals surface area contributed by atoms with Gasteiger partial charge in [-0.25, -0.2) is 12.8 Å². The minimum absolute atomic E-state index is 0.0647. The summed E-state index contributed by atoms with van der Waals surface area (Å²) < 4.78 is 45.0. The van der Waals surface area contributed by atoms with Crippen LogP contribution in [0.2, 0.25) is 0 Å². The van der Waals surface area contributed by atoms with E-state index in [0.717, 1.165) is 35.7 Å². The second kappa shape index (κ2) is 5.41. The molecular weight excluding hydrogens is 341 g/mol. The van der Waals surface area contributed by atoms with Crippen molar-refractivity contribution >= 4 is 20.8 Å². The topological polar surface area (TPSA) is 59.3 Å². The molecule has 0 aliphatic carbocycles. The number of furan rings is 1. The quantitative estimate of drug-likeness (QED) is 0.756. The summed E-state index contributed by atoms with van der Waals surface area (Å²) in [7, 11) is -3.80. The predicted octanol–water partition coefficient (Wildman–Crippen LogP) is 3.79. The number of nitrogens with one attached hydrogen (secondary N) is 1. The SMILES string of the molecule is CC1(C)NCCc2c1oc1cc(S(=O)(=O)c3cccc(F)c3)ccc21. The van der Waals surface area contributed by atoms with Gasteiger partial charge in [0.2, 0.25) is 9.84 Å². The Labute approximate surface area is 145 Å². The molecule has 0 unspecified atom stereocenters. The molecule has 0 atom stereocenters. The number of hydrogen-bond donors (Lipinski definition) is 1. The molecule has 130 valence electrons. The third kappa shape index (κ3) is 2.56. The van der Waals surface area contributed by atoms with Crippen molar-refractivity contribution < 1.29 is 17.2 Å². The van der Waals surface area contributed by atoms with Crippen molar-refractivity contribution in [3.63, 3.8) is 0 Å². The van der Waals surface area contributed by atoms with Crippen LogP contribution in [0.5, 0.6) is 0 Å². The smallest absolute Gasteiger partial charge is 0.206 e. The second-order valence-corrected chi connectivity index (χ2v) is 8.78. The molecule has 0 fully saturated rings. The van der Waals surface area contributed by atoms with Gasteiger partial charge in [0.25, 0.3) is 0 Å². The van der Waals surface area contributed by atoms with E-state index in [0.29, 0.717) is 5.58 Å². The molecule has 0 radical (unpaired) electrons. The van der Waals surface area contributed by atoms with E-state index in [9.17, 15) is 12.8 Å². The standard InChI is InChI=1S/C19H18FNO3S/c1-19(2)18-16(8-9-21-19)15-7-6-14(11-17(15)24-18)25(22,23)13-5-3-4-12(20)10-13/h3-7,10-11,21H,8-9H2,1-2H3. The van der Waals surface area contributed by atoms with E-state index in [1.807, 2.05) is 13.8 Å². The Hall–Kier alpha value is -2.18. The van der Waals surface area contributed by atoms with Gasteiger partial charge in [0.15, 0.2) is 0 Å². The molecule has 0 amide bonds. The maximum absolute atomic E-state index is 13.4. The van der Waals surface area contributed by atoms with Crippen LogP contribution < -0.4 is 5.32 Å². The van der Waals surface area contributed by atoms with Crippen molar-refractivity contribution in [3.05, 3.63) is 59.6 Å². The minimum atomic E-state index is -3.80. The number of rotatable bonds is 2. The van der Waals surface area contributed by atoms with Crippen LogP contribution >= 0.6 is 0 Å². The van der Waals surface area contributed by atoms with Gasteiger partial charge >= 0.3 is 0 Å².